The molecule has 1 aliphatic heterocycles. The van der Waals surface area contributed by atoms with Gasteiger partial charge in [0, 0.05) is 15.3 Å². The van der Waals surface area contributed by atoms with Crippen molar-refractivity contribution in [1.82, 2.24) is 0 Å². The molecular weight excluding hydrogens is 260 g/mol. The molecule has 0 saturated carbocycles. The van der Waals surface area contributed by atoms with Crippen molar-refractivity contribution in [3.8, 4) is 0 Å². The van der Waals surface area contributed by atoms with E-state index in [4.69, 9.17) is 11.6 Å². The normalized spacial score (nSPS) is 18.0. The number of hydrogen-bond acceptors (Lipinski definition) is 3. The Hall–Kier alpha value is -0.640. The monoisotopic (exact) mass is 268 g/mol. The van der Waals surface area contributed by atoms with Gasteiger partial charge in [-0.1, -0.05) is 35.5 Å². The Kier molecular flexibility index (Phi) is 3.79. The number of carbonyl (C=O) groups is 1. The molecule has 16 heavy (non-hydrogen) atoms. The van der Waals surface area contributed by atoms with Gasteiger partial charge in [0.25, 0.3) is 0 Å². The number of ketones is 1. The van der Waals surface area contributed by atoms with Crippen molar-refractivity contribution >= 4 is 47.0 Å². The average Bonchev–Trinajstić information content (AvgIpc) is 2.63. The molecule has 1 heterocycles. The van der Waals surface area contributed by atoms with Crippen LogP contribution in [-0.4, -0.2) is 12.0 Å². The van der Waals surface area contributed by atoms with Crippen LogP contribution in [-0.2, 0) is 4.79 Å². The zero-order chi connectivity index (χ0) is 11.5. The molecular formula is C12H9ClOS2. The number of benzene rings is 1. The van der Waals surface area contributed by atoms with E-state index in [2.05, 4.69) is 0 Å². The second-order valence-electron chi connectivity index (χ2n) is 3.19. The molecule has 1 aliphatic rings. The number of carbonyl (C=O) groups excluding carboxylic acids is 1. The van der Waals surface area contributed by atoms with Crippen LogP contribution in [0, 0.1) is 0 Å². The van der Waals surface area contributed by atoms with Gasteiger partial charge < -0.3 is 0 Å². The minimum atomic E-state index is 0.0873. The summed E-state index contributed by atoms with van der Waals surface area (Å²) in [5, 5.41) is 0.704. The van der Waals surface area contributed by atoms with E-state index >= 15 is 0 Å². The minimum Gasteiger partial charge on any atom is -0.289 e. The molecule has 4 heteroatoms. The predicted molar refractivity (Wildman–Crippen MR) is 73.6 cm³/mol. The molecule has 82 valence electrons. The molecule has 0 radical (unpaired) electrons. The van der Waals surface area contributed by atoms with Crippen LogP contribution in [0.2, 0.25) is 5.02 Å². The first kappa shape index (κ1) is 11.8. The SMILES string of the molecule is CSC1=CC(=O)C(=Cc2ccc(Cl)cc2)S1. The van der Waals surface area contributed by atoms with E-state index in [9.17, 15) is 4.79 Å². The maximum Gasteiger partial charge on any atom is 0.194 e. The maximum atomic E-state index is 11.6. The number of halogens is 1. The molecule has 0 spiro atoms. The van der Waals surface area contributed by atoms with Crippen molar-refractivity contribution in [2.75, 3.05) is 6.26 Å². The van der Waals surface area contributed by atoms with Crippen LogP contribution in [0.15, 0.2) is 39.5 Å². The fourth-order valence-electron chi connectivity index (χ4n) is 1.28. The Balaban J connectivity index is 2.21. The Labute approximate surface area is 108 Å². The summed E-state index contributed by atoms with van der Waals surface area (Å²) in [7, 11) is 0. The fraction of sp³-hybridized carbons (Fsp3) is 0.0833. The van der Waals surface area contributed by atoms with Crippen LogP contribution in [0.5, 0.6) is 0 Å². The predicted octanol–water partition coefficient (Wildman–Crippen LogP) is 4.20. The summed E-state index contributed by atoms with van der Waals surface area (Å²) in [5.41, 5.74) is 0.996. The third-order valence-electron chi connectivity index (χ3n) is 2.07. The van der Waals surface area contributed by atoms with Crippen LogP contribution in [0.1, 0.15) is 5.56 Å². The van der Waals surface area contributed by atoms with Gasteiger partial charge in [-0.3, -0.25) is 4.79 Å². The summed E-state index contributed by atoms with van der Waals surface area (Å²) in [5.74, 6) is 0.0873. The molecule has 0 aliphatic carbocycles. The summed E-state index contributed by atoms with van der Waals surface area (Å²) >= 11 is 8.91. The Morgan fingerprint density at radius 2 is 2.00 bits per heavy atom. The first-order valence-corrected chi connectivity index (χ1v) is 7.06. The summed E-state index contributed by atoms with van der Waals surface area (Å²) in [6, 6.07) is 7.45. The topological polar surface area (TPSA) is 17.1 Å². The molecule has 0 saturated heterocycles. The standard InChI is InChI=1S/C12H9ClOS2/c1-15-12-7-10(14)11(16-12)6-8-2-4-9(13)5-3-8/h2-7H,1H3. The van der Waals surface area contributed by atoms with Crippen molar-refractivity contribution in [3.05, 3.63) is 50.1 Å². The largest absolute Gasteiger partial charge is 0.289 e. The summed E-state index contributed by atoms with van der Waals surface area (Å²) < 4.78 is 1.05. The van der Waals surface area contributed by atoms with Crippen LogP contribution in [0.3, 0.4) is 0 Å². The van der Waals surface area contributed by atoms with Crippen molar-refractivity contribution in [2.45, 2.75) is 0 Å². The van der Waals surface area contributed by atoms with Crippen LogP contribution >= 0.6 is 35.1 Å². The van der Waals surface area contributed by atoms with Crippen molar-refractivity contribution < 1.29 is 4.79 Å². The van der Waals surface area contributed by atoms with Crippen LogP contribution in [0.25, 0.3) is 6.08 Å². The van der Waals surface area contributed by atoms with Gasteiger partial charge in [0.05, 0.1) is 4.91 Å². The molecule has 0 N–H and O–H groups in total. The molecule has 1 aromatic rings. The van der Waals surface area contributed by atoms with Gasteiger partial charge in [0.2, 0.25) is 0 Å². The van der Waals surface area contributed by atoms with E-state index in [1.165, 1.54) is 11.8 Å². The van der Waals surface area contributed by atoms with E-state index in [1.54, 1.807) is 17.8 Å². The third-order valence-corrected chi connectivity index (χ3v) is 4.45. The van der Waals surface area contributed by atoms with E-state index in [0.29, 0.717) is 5.02 Å². The van der Waals surface area contributed by atoms with Gasteiger partial charge in [-0.05, 0) is 30.0 Å². The maximum absolute atomic E-state index is 11.6. The number of thioether (sulfide) groups is 2. The van der Waals surface area contributed by atoms with E-state index in [1.807, 2.05) is 36.6 Å². The number of rotatable bonds is 2. The smallest absolute Gasteiger partial charge is 0.194 e. The fourth-order valence-corrected chi connectivity index (χ4v) is 2.97. The van der Waals surface area contributed by atoms with E-state index in [0.717, 1.165) is 14.7 Å². The summed E-state index contributed by atoms with van der Waals surface area (Å²) in [4.78, 5) is 12.4. The van der Waals surface area contributed by atoms with Crippen LogP contribution < -0.4 is 0 Å². The number of hydrogen-bond donors (Lipinski definition) is 0. The molecule has 0 atom stereocenters. The Bertz CT molecular complexity index is 474. The molecule has 0 unspecified atom stereocenters. The zero-order valence-corrected chi connectivity index (χ0v) is 11.0. The lowest BCUT2D eigenvalue weighted by Gasteiger charge is -1.97. The molecule has 1 nitrogen and oxygen atoms in total. The molecule has 2 rings (SSSR count). The molecule has 0 aromatic heterocycles. The highest BCUT2D eigenvalue weighted by Gasteiger charge is 2.18. The quantitative estimate of drug-likeness (QED) is 0.749. The van der Waals surface area contributed by atoms with Gasteiger partial charge in [-0.2, -0.15) is 0 Å². The summed E-state index contributed by atoms with van der Waals surface area (Å²) in [6.45, 7) is 0. The molecule has 1 aromatic carbocycles. The summed E-state index contributed by atoms with van der Waals surface area (Å²) in [6.07, 6.45) is 5.54. The van der Waals surface area contributed by atoms with Crippen molar-refractivity contribution in [3.63, 3.8) is 0 Å². The van der Waals surface area contributed by atoms with Gasteiger partial charge >= 0.3 is 0 Å². The Morgan fingerprint density at radius 3 is 2.56 bits per heavy atom. The zero-order valence-electron chi connectivity index (χ0n) is 8.57. The first-order valence-electron chi connectivity index (χ1n) is 4.64. The molecule has 0 bridgehead atoms. The van der Waals surface area contributed by atoms with Crippen LogP contribution in [0.4, 0.5) is 0 Å². The highest BCUT2D eigenvalue weighted by molar-refractivity contribution is 8.24. The highest BCUT2D eigenvalue weighted by atomic mass is 35.5. The lowest BCUT2D eigenvalue weighted by atomic mass is 10.2. The first-order chi connectivity index (χ1) is 7.69. The highest BCUT2D eigenvalue weighted by Crippen LogP contribution is 2.40. The van der Waals surface area contributed by atoms with Crippen molar-refractivity contribution in [1.29, 1.82) is 0 Å². The molecule has 0 fully saturated rings. The second-order valence-corrected chi connectivity index (χ2v) is 5.82. The average molecular weight is 269 g/mol. The lowest BCUT2D eigenvalue weighted by Crippen LogP contribution is -1.87. The van der Waals surface area contributed by atoms with E-state index in [-0.39, 0.29) is 5.78 Å². The second kappa shape index (κ2) is 5.13. The molecule has 0 amide bonds. The van der Waals surface area contributed by atoms with Gasteiger partial charge in [-0.15, -0.1) is 11.8 Å². The Morgan fingerprint density at radius 1 is 1.31 bits per heavy atom. The third kappa shape index (κ3) is 2.73. The minimum absolute atomic E-state index is 0.0873. The van der Waals surface area contributed by atoms with Crippen molar-refractivity contribution in [2.24, 2.45) is 0 Å². The lowest BCUT2D eigenvalue weighted by molar-refractivity contribution is -0.110. The van der Waals surface area contributed by atoms with Gasteiger partial charge in [0.1, 0.15) is 0 Å². The van der Waals surface area contributed by atoms with E-state index < -0.39 is 0 Å². The number of allylic oxidation sites excluding steroid dienone is 2. The van der Waals surface area contributed by atoms with Gasteiger partial charge in [0.15, 0.2) is 5.78 Å². The van der Waals surface area contributed by atoms with Gasteiger partial charge in [-0.25, -0.2) is 0 Å².